The lowest BCUT2D eigenvalue weighted by Gasteiger charge is -2.33. The summed E-state index contributed by atoms with van der Waals surface area (Å²) in [5, 5.41) is 2.54. The van der Waals surface area contributed by atoms with Crippen molar-refractivity contribution in [3.63, 3.8) is 0 Å². The fraction of sp³-hybridized carbons (Fsp3) is 0.302. The SMILES string of the molecule is CCCCCCCCC1(CCCCCCCC)c2cc(C)ccc2-c2ccc(-c3cc(-c4nc(-c5ccccc5)cc(-c5ccccc5)n4)cc(-c4cccc5c(C)cccc45)c3)cc21. The van der Waals surface area contributed by atoms with Gasteiger partial charge in [0.1, 0.15) is 0 Å². The molecule has 65 heavy (non-hydrogen) atoms. The first kappa shape index (κ1) is 44.1. The lowest BCUT2D eigenvalue weighted by molar-refractivity contribution is 0.398. The summed E-state index contributed by atoms with van der Waals surface area (Å²) < 4.78 is 0. The Labute approximate surface area is 389 Å². The number of unbranched alkanes of at least 4 members (excludes halogenated alkanes) is 10. The van der Waals surface area contributed by atoms with E-state index >= 15 is 0 Å². The van der Waals surface area contributed by atoms with Gasteiger partial charge in [0.05, 0.1) is 11.4 Å². The van der Waals surface area contributed by atoms with Crippen LogP contribution in [-0.2, 0) is 5.41 Å². The third-order valence-corrected chi connectivity index (χ3v) is 14.3. The predicted molar refractivity (Wildman–Crippen MR) is 278 cm³/mol. The van der Waals surface area contributed by atoms with E-state index in [1.165, 1.54) is 151 Å². The minimum Gasteiger partial charge on any atom is -0.228 e. The van der Waals surface area contributed by atoms with Crippen LogP contribution in [0, 0.1) is 13.8 Å². The average Bonchev–Trinajstić information content (AvgIpc) is 3.61. The molecule has 1 aromatic heterocycles. The van der Waals surface area contributed by atoms with Gasteiger partial charge < -0.3 is 0 Å². The second kappa shape index (κ2) is 20.4. The number of rotatable bonds is 19. The summed E-state index contributed by atoms with van der Waals surface area (Å²) in [6.07, 6.45) is 18.1. The summed E-state index contributed by atoms with van der Waals surface area (Å²) in [4.78, 5) is 10.7. The molecule has 1 aliphatic rings. The van der Waals surface area contributed by atoms with Crippen LogP contribution >= 0.6 is 0 Å². The Hall–Kier alpha value is -6.12. The van der Waals surface area contributed by atoms with Crippen LogP contribution < -0.4 is 0 Å². The van der Waals surface area contributed by atoms with E-state index in [1.807, 2.05) is 0 Å². The monoisotopic (exact) mass is 851 g/mol. The number of fused-ring (bicyclic) bond motifs is 4. The smallest absolute Gasteiger partial charge is 0.160 e. The van der Waals surface area contributed by atoms with E-state index in [0.717, 1.165) is 33.9 Å². The van der Waals surface area contributed by atoms with Crippen molar-refractivity contribution in [3.8, 4) is 67.3 Å². The molecular formula is C63H66N2. The Balaban J connectivity index is 1.22. The third-order valence-electron chi connectivity index (χ3n) is 14.3. The quantitative estimate of drug-likeness (QED) is 0.0758. The largest absolute Gasteiger partial charge is 0.228 e. The number of benzene rings is 7. The summed E-state index contributed by atoms with van der Waals surface area (Å²) >= 11 is 0. The van der Waals surface area contributed by atoms with Gasteiger partial charge in [-0.15, -0.1) is 0 Å². The molecular weight excluding hydrogens is 785 g/mol. The van der Waals surface area contributed by atoms with E-state index in [2.05, 4.69) is 185 Å². The Morgan fingerprint density at radius 1 is 0.369 bits per heavy atom. The van der Waals surface area contributed by atoms with Crippen LogP contribution in [0.15, 0.2) is 158 Å². The maximum atomic E-state index is 5.37. The Morgan fingerprint density at radius 3 is 1.55 bits per heavy atom. The van der Waals surface area contributed by atoms with Gasteiger partial charge in [0.15, 0.2) is 5.82 Å². The third kappa shape index (κ3) is 9.51. The maximum Gasteiger partial charge on any atom is 0.160 e. The predicted octanol–water partition coefficient (Wildman–Crippen LogP) is 18.3. The zero-order valence-electron chi connectivity index (χ0n) is 39.3. The Bertz CT molecular complexity index is 2800. The van der Waals surface area contributed by atoms with E-state index in [4.69, 9.17) is 9.97 Å². The zero-order chi connectivity index (χ0) is 44.6. The van der Waals surface area contributed by atoms with Gasteiger partial charge in [-0.2, -0.15) is 0 Å². The second-order valence-electron chi connectivity index (χ2n) is 18.9. The normalized spacial score (nSPS) is 12.7. The van der Waals surface area contributed by atoms with Crippen molar-refractivity contribution < 1.29 is 0 Å². The fourth-order valence-corrected chi connectivity index (χ4v) is 10.8. The van der Waals surface area contributed by atoms with Crippen molar-refractivity contribution in [2.45, 2.75) is 123 Å². The highest BCUT2D eigenvalue weighted by atomic mass is 14.9. The van der Waals surface area contributed by atoms with Crippen molar-refractivity contribution >= 4 is 10.8 Å². The summed E-state index contributed by atoms with van der Waals surface area (Å²) in [7, 11) is 0. The van der Waals surface area contributed by atoms with Crippen molar-refractivity contribution in [1.29, 1.82) is 0 Å². The average molecular weight is 851 g/mol. The molecule has 0 aliphatic heterocycles. The van der Waals surface area contributed by atoms with E-state index in [1.54, 1.807) is 5.56 Å². The van der Waals surface area contributed by atoms with Gasteiger partial charge in [-0.25, -0.2) is 9.97 Å². The molecule has 0 saturated carbocycles. The minimum atomic E-state index is -0.00643. The first-order valence-electron chi connectivity index (χ1n) is 24.9. The molecule has 7 aromatic carbocycles. The lowest BCUT2D eigenvalue weighted by atomic mass is 9.70. The van der Waals surface area contributed by atoms with E-state index in [9.17, 15) is 0 Å². The highest BCUT2D eigenvalue weighted by Gasteiger charge is 2.42. The Kier molecular flexibility index (Phi) is 13.8. The number of aryl methyl sites for hydroxylation is 2. The number of aromatic nitrogens is 2. The van der Waals surface area contributed by atoms with Gasteiger partial charge in [0, 0.05) is 22.1 Å². The molecule has 0 N–H and O–H groups in total. The van der Waals surface area contributed by atoms with Crippen molar-refractivity contribution in [2.75, 3.05) is 0 Å². The Morgan fingerprint density at radius 2 is 0.908 bits per heavy atom. The van der Waals surface area contributed by atoms with Crippen LogP contribution in [0.5, 0.6) is 0 Å². The molecule has 0 bridgehead atoms. The molecule has 0 amide bonds. The molecule has 8 aromatic rings. The molecule has 0 saturated heterocycles. The van der Waals surface area contributed by atoms with Gasteiger partial charge in [-0.1, -0.05) is 224 Å². The standard InChI is InChI=1S/C63H66N2/c1-5-7-9-11-13-21-37-63(38-22-14-12-10-8-6-2)58-39-45(3)33-35-56(58)57-36-34-49(43-59(57)63)50-40-51(54-31-24-30-53-46(4)25-23-32-55(53)54)42-52(41-50)62-64-60(47-26-17-15-18-27-47)44-61(65-62)48-28-19-16-20-29-48/h15-20,23-36,39-44H,5-14,21-22,37-38H2,1-4H3. The molecule has 1 aliphatic carbocycles. The van der Waals surface area contributed by atoms with Crippen LogP contribution in [0.1, 0.15) is 126 Å². The number of hydrogen-bond acceptors (Lipinski definition) is 2. The highest BCUT2D eigenvalue weighted by Crippen LogP contribution is 2.55. The summed E-state index contributed by atoms with van der Waals surface area (Å²) in [6, 6.07) is 58.5. The van der Waals surface area contributed by atoms with E-state index in [-0.39, 0.29) is 5.41 Å². The van der Waals surface area contributed by atoms with E-state index < -0.39 is 0 Å². The molecule has 328 valence electrons. The van der Waals surface area contributed by atoms with Crippen molar-refractivity contribution in [3.05, 3.63) is 180 Å². The fourth-order valence-electron chi connectivity index (χ4n) is 10.8. The van der Waals surface area contributed by atoms with Gasteiger partial charge in [-0.05, 0) is 118 Å². The van der Waals surface area contributed by atoms with Crippen molar-refractivity contribution in [1.82, 2.24) is 9.97 Å². The topological polar surface area (TPSA) is 25.8 Å². The summed E-state index contributed by atoms with van der Waals surface area (Å²) in [6.45, 7) is 9.14. The van der Waals surface area contributed by atoms with Crippen LogP contribution in [-0.4, -0.2) is 9.97 Å². The number of hydrogen-bond donors (Lipinski definition) is 0. The first-order chi connectivity index (χ1) is 32.0. The molecule has 2 heteroatoms. The molecule has 0 spiro atoms. The van der Waals surface area contributed by atoms with Crippen LogP contribution in [0.2, 0.25) is 0 Å². The van der Waals surface area contributed by atoms with Gasteiger partial charge in [-0.3, -0.25) is 0 Å². The lowest BCUT2D eigenvalue weighted by Crippen LogP contribution is -2.25. The molecule has 1 heterocycles. The molecule has 9 rings (SSSR count). The first-order valence-corrected chi connectivity index (χ1v) is 24.9. The molecule has 0 unspecified atom stereocenters. The maximum absolute atomic E-state index is 5.37. The summed E-state index contributed by atoms with van der Waals surface area (Å²) in [5.74, 6) is 0.731. The van der Waals surface area contributed by atoms with Crippen molar-refractivity contribution in [2.24, 2.45) is 0 Å². The van der Waals surface area contributed by atoms with E-state index in [0.29, 0.717) is 0 Å². The highest BCUT2D eigenvalue weighted by molar-refractivity contribution is 5.99. The number of nitrogens with zero attached hydrogens (tertiary/aromatic N) is 2. The van der Waals surface area contributed by atoms with Crippen LogP contribution in [0.4, 0.5) is 0 Å². The zero-order valence-corrected chi connectivity index (χ0v) is 39.3. The molecule has 0 atom stereocenters. The summed E-state index contributed by atoms with van der Waals surface area (Å²) in [5.41, 5.74) is 18.5. The van der Waals surface area contributed by atoms with Crippen LogP contribution in [0.25, 0.3) is 78.1 Å². The second-order valence-corrected chi connectivity index (χ2v) is 18.9. The van der Waals surface area contributed by atoms with Gasteiger partial charge in [0.2, 0.25) is 0 Å². The van der Waals surface area contributed by atoms with Gasteiger partial charge >= 0.3 is 0 Å². The van der Waals surface area contributed by atoms with Gasteiger partial charge in [0.25, 0.3) is 0 Å². The van der Waals surface area contributed by atoms with Crippen LogP contribution in [0.3, 0.4) is 0 Å². The minimum absolute atomic E-state index is 0.00643. The molecule has 0 radical (unpaired) electrons. The molecule has 0 fully saturated rings. The molecule has 2 nitrogen and oxygen atoms in total.